The Bertz CT molecular complexity index is 765. The van der Waals surface area contributed by atoms with Crippen LogP contribution in [-0.2, 0) is 4.79 Å². The number of phenolic OH excluding ortho intramolecular Hbond substituents is 1. The first-order valence-electron chi connectivity index (χ1n) is 7.75. The molecule has 1 unspecified atom stereocenters. The van der Waals surface area contributed by atoms with E-state index < -0.39 is 6.04 Å². The number of hydrogen-bond acceptors (Lipinski definition) is 5. The molecule has 0 bridgehead atoms. The number of hydrogen-bond donors (Lipinski definition) is 3. The first-order valence-corrected chi connectivity index (χ1v) is 8.13. The smallest absolute Gasteiger partial charge is 0.262 e. The highest BCUT2D eigenvalue weighted by Gasteiger charge is 2.15. The Morgan fingerprint density at radius 3 is 2.84 bits per heavy atom. The highest BCUT2D eigenvalue weighted by atomic mass is 35.5. The second kappa shape index (κ2) is 8.94. The second-order valence-corrected chi connectivity index (χ2v) is 5.72. The van der Waals surface area contributed by atoms with E-state index in [1.807, 2.05) is 19.1 Å². The van der Waals surface area contributed by atoms with Gasteiger partial charge in [0.15, 0.2) is 11.5 Å². The average molecular weight is 362 g/mol. The van der Waals surface area contributed by atoms with Gasteiger partial charge in [-0.05, 0) is 48.4 Å². The van der Waals surface area contributed by atoms with Gasteiger partial charge in [0.1, 0.15) is 6.04 Å². The van der Waals surface area contributed by atoms with Crippen LogP contribution in [0.4, 0.5) is 5.69 Å². The van der Waals surface area contributed by atoms with Crippen molar-refractivity contribution in [1.82, 2.24) is 5.43 Å². The van der Waals surface area contributed by atoms with Crippen molar-refractivity contribution in [2.75, 3.05) is 12.4 Å². The molecular weight excluding hydrogens is 342 g/mol. The minimum atomic E-state index is -0.440. The molecule has 3 N–H and O–H groups in total. The number of amides is 1. The summed E-state index contributed by atoms with van der Waals surface area (Å²) in [6.45, 7) is 1.90. The number of aromatic hydroxyl groups is 1. The summed E-state index contributed by atoms with van der Waals surface area (Å²) < 4.78 is 5.02. The maximum atomic E-state index is 12.2. The zero-order valence-electron chi connectivity index (χ0n) is 14.0. The summed E-state index contributed by atoms with van der Waals surface area (Å²) in [6, 6.07) is 11.5. The zero-order valence-corrected chi connectivity index (χ0v) is 14.7. The van der Waals surface area contributed by atoms with E-state index in [0.717, 1.165) is 5.69 Å². The van der Waals surface area contributed by atoms with Crippen LogP contribution < -0.4 is 15.5 Å². The van der Waals surface area contributed by atoms with E-state index in [-0.39, 0.29) is 11.7 Å². The number of methoxy groups -OCH3 is 1. The van der Waals surface area contributed by atoms with Crippen LogP contribution >= 0.6 is 11.6 Å². The Hall–Kier alpha value is -2.73. The molecule has 1 amide bonds. The largest absolute Gasteiger partial charge is 0.504 e. The number of nitrogens with one attached hydrogen (secondary N) is 2. The zero-order chi connectivity index (χ0) is 18.2. The van der Waals surface area contributed by atoms with Crippen molar-refractivity contribution in [1.29, 1.82) is 0 Å². The molecule has 0 saturated carbocycles. The van der Waals surface area contributed by atoms with Gasteiger partial charge in [-0.25, -0.2) is 5.43 Å². The quantitative estimate of drug-likeness (QED) is 0.521. The summed E-state index contributed by atoms with van der Waals surface area (Å²) in [5, 5.41) is 17.2. The standard InChI is InChI=1S/C18H20ClN3O3/c1-3-15(21-14-6-4-5-13(19)10-14)18(24)22-20-11-12-7-8-16(23)17(9-12)25-2/h4-11,15,21,23H,3H2,1-2H3,(H,22,24)/b20-11+. The van der Waals surface area contributed by atoms with Crippen molar-refractivity contribution in [3.05, 3.63) is 53.1 Å². The molecule has 6 nitrogen and oxygen atoms in total. The number of carbonyl (C=O) groups excluding carboxylic acids is 1. The van der Waals surface area contributed by atoms with Crippen molar-refractivity contribution in [2.45, 2.75) is 19.4 Å². The SMILES string of the molecule is CCC(Nc1cccc(Cl)c1)C(=O)N/N=C/c1ccc(O)c(OC)c1. The summed E-state index contributed by atoms with van der Waals surface area (Å²) in [4.78, 5) is 12.2. The molecule has 25 heavy (non-hydrogen) atoms. The number of rotatable bonds is 7. The maximum absolute atomic E-state index is 12.2. The molecule has 0 aliphatic heterocycles. The van der Waals surface area contributed by atoms with Gasteiger partial charge in [-0.3, -0.25) is 4.79 Å². The highest BCUT2D eigenvalue weighted by Crippen LogP contribution is 2.25. The number of nitrogens with zero attached hydrogens (tertiary/aromatic N) is 1. The molecule has 2 rings (SSSR count). The van der Waals surface area contributed by atoms with Crippen molar-refractivity contribution < 1.29 is 14.6 Å². The van der Waals surface area contributed by atoms with Crippen LogP contribution in [-0.4, -0.2) is 30.4 Å². The van der Waals surface area contributed by atoms with Gasteiger partial charge >= 0.3 is 0 Å². The molecule has 132 valence electrons. The molecule has 2 aromatic rings. The summed E-state index contributed by atoms with van der Waals surface area (Å²) in [7, 11) is 1.46. The monoisotopic (exact) mass is 361 g/mol. The number of anilines is 1. The van der Waals surface area contributed by atoms with E-state index in [1.54, 1.807) is 24.3 Å². The van der Waals surface area contributed by atoms with E-state index in [2.05, 4.69) is 15.8 Å². The Morgan fingerprint density at radius 2 is 2.16 bits per heavy atom. The second-order valence-electron chi connectivity index (χ2n) is 5.28. The molecule has 0 saturated heterocycles. The third kappa shape index (κ3) is 5.39. The third-order valence-electron chi connectivity index (χ3n) is 3.48. The third-order valence-corrected chi connectivity index (χ3v) is 3.72. The van der Waals surface area contributed by atoms with E-state index in [9.17, 15) is 9.90 Å². The van der Waals surface area contributed by atoms with E-state index in [0.29, 0.717) is 22.8 Å². The van der Waals surface area contributed by atoms with E-state index >= 15 is 0 Å². The average Bonchev–Trinajstić information content (AvgIpc) is 2.61. The van der Waals surface area contributed by atoms with Gasteiger partial charge < -0.3 is 15.2 Å². The number of benzene rings is 2. The highest BCUT2D eigenvalue weighted by molar-refractivity contribution is 6.30. The Morgan fingerprint density at radius 1 is 1.36 bits per heavy atom. The van der Waals surface area contributed by atoms with Gasteiger partial charge in [0.05, 0.1) is 13.3 Å². The van der Waals surface area contributed by atoms with Gasteiger partial charge in [-0.1, -0.05) is 24.6 Å². The maximum Gasteiger partial charge on any atom is 0.262 e. The lowest BCUT2D eigenvalue weighted by Gasteiger charge is -2.16. The summed E-state index contributed by atoms with van der Waals surface area (Å²) in [6.07, 6.45) is 2.06. The normalized spacial score (nSPS) is 12.0. The number of halogens is 1. The lowest BCUT2D eigenvalue weighted by molar-refractivity contribution is -0.121. The number of ether oxygens (including phenoxy) is 1. The fraction of sp³-hybridized carbons (Fsp3) is 0.222. The molecule has 0 aliphatic rings. The Labute approximate surface area is 151 Å². The van der Waals surface area contributed by atoms with Crippen molar-refractivity contribution in [3.63, 3.8) is 0 Å². The van der Waals surface area contributed by atoms with Crippen LogP contribution in [0.5, 0.6) is 11.5 Å². The molecule has 0 heterocycles. The predicted molar refractivity (Wildman–Crippen MR) is 99.5 cm³/mol. The van der Waals surface area contributed by atoms with E-state index in [4.69, 9.17) is 16.3 Å². The lowest BCUT2D eigenvalue weighted by atomic mass is 10.2. The van der Waals surface area contributed by atoms with Crippen molar-refractivity contribution in [2.24, 2.45) is 5.10 Å². The van der Waals surface area contributed by atoms with Gasteiger partial charge in [0.2, 0.25) is 0 Å². The molecule has 1 atom stereocenters. The first-order chi connectivity index (χ1) is 12.0. The Kier molecular flexibility index (Phi) is 6.65. The molecule has 0 fully saturated rings. The molecular formula is C18H20ClN3O3. The van der Waals surface area contributed by atoms with Gasteiger partial charge in [-0.2, -0.15) is 5.10 Å². The Balaban J connectivity index is 1.97. The fourth-order valence-electron chi connectivity index (χ4n) is 2.16. The number of hydrazone groups is 1. The molecule has 0 radical (unpaired) electrons. The van der Waals surface area contributed by atoms with Crippen LogP contribution in [0.25, 0.3) is 0 Å². The molecule has 7 heteroatoms. The predicted octanol–water partition coefficient (Wildman–Crippen LogP) is 3.40. The number of phenols is 1. The van der Waals surface area contributed by atoms with Crippen LogP contribution in [0.15, 0.2) is 47.6 Å². The van der Waals surface area contributed by atoms with Crippen LogP contribution in [0.2, 0.25) is 5.02 Å². The minimum absolute atomic E-state index is 0.0421. The van der Waals surface area contributed by atoms with Crippen molar-refractivity contribution in [3.8, 4) is 11.5 Å². The van der Waals surface area contributed by atoms with Crippen LogP contribution in [0.1, 0.15) is 18.9 Å². The van der Waals surface area contributed by atoms with Gasteiger partial charge in [0, 0.05) is 10.7 Å². The fourth-order valence-corrected chi connectivity index (χ4v) is 2.35. The lowest BCUT2D eigenvalue weighted by Crippen LogP contribution is -2.36. The molecule has 0 spiro atoms. The summed E-state index contributed by atoms with van der Waals surface area (Å²) >= 11 is 5.95. The van der Waals surface area contributed by atoms with Gasteiger partial charge in [-0.15, -0.1) is 0 Å². The van der Waals surface area contributed by atoms with Crippen LogP contribution in [0.3, 0.4) is 0 Å². The molecule has 2 aromatic carbocycles. The summed E-state index contributed by atoms with van der Waals surface area (Å²) in [5.74, 6) is 0.120. The van der Waals surface area contributed by atoms with Crippen LogP contribution in [0, 0.1) is 0 Å². The molecule has 0 aromatic heterocycles. The van der Waals surface area contributed by atoms with Gasteiger partial charge in [0.25, 0.3) is 5.91 Å². The minimum Gasteiger partial charge on any atom is -0.504 e. The number of carbonyl (C=O) groups is 1. The first kappa shape index (κ1) is 18.6. The van der Waals surface area contributed by atoms with E-state index in [1.165, 1.54) is 19.4 Å². The summed E-state index contributed by atoms with van der Waals surface area (Å²) in [5.41, 5.74) is 3.95. The van der Waals surface area contributed by atoms with Crippen molar-refractivity contribution >= 4 is 29.4 Å². The molecule has 0 aliphatic carbocycles. The topological polar surface area (TPSA) is 83.0 Å².